The van der Waals surface area contributed by atoms with E-state index in [9.17, 15) is 13.2 Å². The fraction of sp³-hybridized carbons (Fsp3) is 0.611. The Balaban J connectivity index is 2.12. The van der Waals surface area contributed by atoms with Crippen LogP contribution in [0.15, 0.2) is 23.1 Å². The number of hydrogen-bond donors (Lipinski definition) is 1. The van der Waals surface area contributed by atoms with Gasteiger partial charge in [0.25, 0.3) is 0 Å². The Kier molecular flexibility index (Phi) is 7.43. The van der Waals surface area contributed by atoms with Gasteiger partial charge in [-0.1, -0.05) is 6.07 Å². The van der Waals surface area contributed by atoms with E-state index in [4.69, 9.17) is 9.47 Å². The molecule has 0 saturated carbocycles. The van der Waals surface area contributed by atoms with Crippen LogP contribution in [0.2, 0.25) is 0 Å². The second-order valence-electron chi connectivity index (χ2n) is 6.25. The Morgan fingerprint density at radius 2 is 2.15 bits per heavy atom. The highest BCUT2D eigenvalue weighted by Gasteiger charge is 2.39. The van der Waals surface area contributed by atoms with Crippen LogP contribution in [0.25, 0.3) is 0 Å². The van der Waals surface area contributed by atoms with Crippen molar-refractivity contribution in [3.05, 3.63) is 23.8 Å². The van der Waals surface area contributed by atoms with Crippen LogP contribution >= 0.6 is 0 Å². The van der Waals surface area contributed by atoms with Gasteiger partial charge in [0.1, 0.15) is 11.8 Å². The van der Waals surface area contributed by atoms with Crippen LogP contribution < -0.4 is 10.1 Å². The lowest BCUT2D eigenvalue weighted by atomic mass is 10.2. The molecule has 1 aromatic carbocycles. The largest absolute Gasteiger partial charge is 0.497 e. The molecule has 0 spiro atoms. The Morgan fingerprint density at radius 3 is 2.85 bits per heavy atom. The number of ether oxygens (including phenoxy) is 2. The maximum Gasteiger partial charge on any atom is 0.244 e. The van der Waals surface area contributed by atoms with Crippen LogP contribution in [0, 0.1) is 6.92 Å². The van der Waals surface area contributed by atoms with Crippen molar-refractivity contribution in [3.8, 4) is 5.75 Å². The van der Waals surface area contributed by atoms with E-state index in [0.717, 1.165) is 0 Å². The first-order valence-electron chi connectivity index (χ1n) is 8.93. The molecule has 7 nitrogen and oxygen atoms in total. The van der Waals surface area contributed by atoms with Gasteiger partial charge in [-0.05, 0) is 44.7 Å². The number of hydrogen-bond acceptors (Lipinski definition) is 5. The number of aryl methyl sites for hydroxylation is 1. The molecule has 1 saturated heterocycles. The van der Waals surface area contributed by atoms with Crippen LogP contribution in [-0.2, 0) is 19.6 Å². The second-order valence-corrected chi connectivity index (χ2v) is 8.11. The third-order valence-electron chi connectivity index (χ3n) is 4.46. The summed E-state index contributed by atoms with van der Waals surface area (Å²) in [5, 5.41) is 2.82. The van der Waals surface area contributed by atoms with Gasteiger partial charge in [-0.3, -0.25) is 4.79 Å². The van der Waals surface area contributed by atoms with E-state index < -0.39 is 16.1 Å². The topological polar surface area (TPSA) is 84.9 Å². The van der Waals surface area contributed by atoms with Crippen molar-refractivity contribution in [2.45, 2.75) is 44.0 Å². The van der Waals surface area contributed by atoms with Crippen LogP contribution in [-0.4, -0.2) is 58.1 Å². The molecular formula is C18H28N2O5S. The molecule has 146 valence electrons. The highest BCUT2D eigenvalue weighted by molar-refractivity contribution is 7.89. The minimum atomic E-state index is -3.77. The number of carbonyl (C=O) groups is 1. The van der Waals surface area contributed by atoms with E-state index in [0.29, 0.717) is 56.9 Å². The predicted octanol–water partition coefficient (Wildman–Crippen LogP) is 1.70. The molecule has 0 unspecified atom stereocenters. The Labute approximate surface area is 155 Å². The van der Waals surface area contributed by atoms with Gasteiger partial charge in [-0.15, -0.1) is 0 Å². The normalized spacial score (nSPS) is 18.0. The zero-order chi connectivity index (χ0) is 19.2. The first-order valence-corrected chi connectivity index (χ1v) is 10.4. The zero-order valence-corrected chi connectivity index (χ0v) is 16.5. The van der Waals surface area contributed by atoms with Crippen molar-refractivity contribution >= 4 is 15.9 Å². The lowest BCUT2D eigenvalue weighted by Gasteiger charge is -2.24. The molecule has 1 aromatic rings. The summed E-state index contributed by atoms with van der Waals surface area (Å²) in [5.74, 6) is 0.230. The average Bonchev–Trinajstić information content (AvgIpc) is 3.12. The number of rotatable bonds is 9. The molecule has 0 radical (unpaired) electrons. The maximum absolute atomic E-state index is 13.1. The molecule has 26 heavy (non-hydrogen) atoms. The predicted molar refractivity (Wildman–Crippen MR) is 98.8 cm³/mol. The summed E-state index contributed by atoms with van der Waals surface area (Å²) in [4.78, 5) is 12.7. The van der Waals surface area contributed by atoms with Gasteiger partial charge in [-0.2, -0.15) is 4.31 Å². The SMILES string of the molecule is CCOCCCNC(=O)[C@H]1CCCN1S(=O)(=O)c1cc(OC)ccc1C. The lowest BCUT2D eigenvalue weighted by Crippen LogP contribution is -2.46. The van der Waals surface area contributed by atoms with Gasteiger partial charge in [0.15, 0.2) is 0 Å². The first-order chi connectivity index (χ1) is 12.4. The number of nitrogens with zero attached hydrogens (tertiary/aromatic N) is 1. The second kappa shape index (κ2) is 9.34. The van der Waals surface area contributed by atoms with Crippen molar-refractivity contribution in [3.63, 3.8) is 0 Å². The molecule has 1 aliphatic rings. The van der Waals surface area contributed by atoms with Gasteiger partial charge in [0.2, 0.25) is 15.9 Å². The molecule has 8 heteroatoms. The zero-order valence-electron chi connectivity index (χ0n) is 15.7. The third kappa shape index (κ3) is 4.75. The smallest absolute Gasteiger partial charge is 0.244 e. The number of benzene rings is 1. The highest BCUT2D eigenvalue weighted by Crippen LogP contribution is 2.30. The summed E-state index contributed by atoms with van der Waals surface area (Å²) in [7, 11) is -2.27. The van der Waals surface area contributed by atoms with Crippen molar-refractivity contribution < 1.29 is 22.7 Å². The summed E-state index contributed by atoms with van der Waals surface area (Å²) in [6.45, 7) is 5.69. The standard InChI is InChI=1S/C18H28N2O5S/c1-4-25-12-6-10-19-18(21)16-7-5-11-20(16)26(22,23)17-13-15(24-3)9-8-14(17)2/h8-9,13,16H,4-7,10-12H2,1-3H3,(H,19,21)/t16-/m1/s1. The minimum absolute atomic E-state index is 0.188. The first kappa shape index (κ1) is 20.7. The Bertz CT molecular complexity index is 720. The van der Waals surface area contributed by atoms with Crippen molar-refractivity contribution in [2.24, 2.45) is 0 Å². The van der Waals surface area contributed by atoms with Crippen LogP contribution in [0.5, 0.6) is 5.75 Å². The molecule has 1 amide bonds. The Hall–Kier alpha value is -1.64. The van der Waals surface area contributed by atoms with Crippen molar-refractivity contribution in [2.75, 3.05) is 33.4 Å². The molecular weight excluding hydrogens is 356 g/mol. The fourth-order valence-electron chi connectivity index (χ4n) is 3.05. The minimum Gasteiger partial charge on any atom is -0.497 e. The summed E-state index contributed by atoms with van der Waals surface area (Å²) < 4.78 is 38.0. The van der Waals surface area contributed by atoms with Crippen molar-refractivity contribution in [1.82, 2.24) is 9.62 Å². The Morgan fingerprint density at radius 1 is 1.38 bits per heavy atom. The highest BCUT2D eigenvalue weighted by atomic mass is 32.2. The summed E-state index contributed by atoms with van der Waals surface area (Å²) >= 11 is 0. The number of methoxy groups -OCH3 is 1. The molecule has 0 bridgehead atoms. The number of carbonyl (C=O) groups excluding carboxylic acids is 1. The maximum atomic E-state index is 13.1. The average molecular weight is 384 g/mol. The summed E-state index contributed by atoms with van der Waals surface area (Å²) in [5.41, 5.74) is 0.633. The van der Waals surface area contributed by atoms with E-state index in [-0.39, 0.29) is 10.8 Å². The number of amides is 1. The molecule has 1 fully saturated rings. The van der Waals surface area contributed by atoms with Crippen LogP contribution in [0.1, 0.15) is 31.7 Å². The summed E-state index contributed by atoms with van der Waals surface area (Å²) in [6.07, 6.45) is 1.90. The van der Waals surface area contributed by atoms with E-state index in [1.807, 2.05) is 6.92 Å². The quantitative estimate of drug-likeness (QED) is 0.655. The van der Waals surface area contributed by atoms with Gasteiger partial charge in [0, 0.05) is 32.4 Å². The third-order valence-corrected chi connectivity index (χ3v) is 6.51. The fourth-order valence-corrected chi connectivity index (χ4v) is 4.95. The monoisotopic (exact) mass is 384 g/mol. The molecule has 1 N–H and O–H groups in total. The van der Waals surface area contributed by atoms with E-state index in [2.05, 4.69) is 5.32 Å². The van der Waals surface area contributed by atoms with Crippen molar-refractivity contribution in [1.29, 1.82) is 0 Å². The molecule has 1 aliphatic heterocycles. The molecule has 0 aliphatic carbocycles. The van der Waals surface area contributed by atoms with Gasteiger partial charge >= 0.3 is 0 Å². The van der Waals surface area contributed by atoms with E-state index in [1.165, 1.54) is 17.5 Å². The van der Waals surface area contributed by atoms with Gasteiger partial charge in [-0.25, -0.2) is 8.42 Å². The van der Waals surface area contributed by atoms with Crippen LogP contribution in [0.3, 0.4) is 0 Å². The number of nitrogens with one attached hydrogen (secondary N) is 1. The van der Waals surface area contributed by atoms with E-state index >= 15 is 0 Å². The van der Waals surface area contributed by atoms with Crippen LogP contribution in [0.4, 0.5) is 0 Å². The summed E-state index contributed by atoms with van der Waals surface area (Å²) in [6, 6.07) is 4.28. The lowest BCUT2D eigenvalue weighted by molar-refractivity contribution is -0.124. The van der Waals surface area contributed by atoms with Gasteiger partial charge < -0.3 is 14.8 Å². The molecule has 2 rings (SSSR count). The molecule has 1 atom stereocenters. The van der Waals surface area contributed by atoms with E-state index in [1.54, 1.807) is 19.1 Å². The number of sulfonamides is 1. The van der Waals surface area contributed by atoms with Gasteiger partial charge in [0.05, 0.1) is 12.0 Å². The molecule has 1 heterocycles. The molecule has 0 aromatic heterocycles.